The highest BCUT2D eigenvalue weighted by atomic mass is 32.2. The van der Waals surface area contributed by atoms with Gasteiger partial charge >= 0.3 is 0 Å². The van der Waals surface area contributed by atoms with E-state index in [0.717, 1.165) is 5.56 Å². The summed E-state index contributed by atoms with van der Waals surface area (Å²) in [7, 11) is -3.74. The Morgan fingerprint density at radius 1 is 1.29 bits per heavy atom. The van der Waals surface area contributed by atoms with Gasteiger partial charge in [0.25, 0.3) is 0 Å². The molecule has 0 aliphatic carbocycles. The van der Waals surface area contributed by atoms with Gasteiger partial charge in [0.15, 0.2) is 5.72 Å². The van der Waals surface area contributed by atoms with Crippen LogP contribution in [-0.4, -0.2) is 58.2 Å². The first kappa shape index (κ1) is 17.8. The number of benzene rings is 1. The van der Waals surface area contributed by atoms with E-state index in [4.69, 9.17) is 4.74 Å². The zero-order chi connectivity index (χ0) is 19.5. The molecule has 9 heteroatoms. The molecule has 1 aromatic heterocycles. The van der Waals surface area contributed by atoms with Gasteiger partial charge in [-0.05, 0) is 12.5 Å². The molecule has 3 saturated heterocycles. The van der Waals surface area contributed by atoms with Crippen LogP contribution in [0.5, 0.6) is 0 Å². The first-order valence-corrected chi connectivity index (χ1v) is 11.0. The molecule has 3 fully saturated rings. The molecule has 148 valence electrons. The van der Waals surface area contributed by atoms with Crippen molar-refractivity contribution in [3.63, 3.8) is 0 Å². The SMILES string of the molecule is CCn1cc(S(=O)(=O)N2CC[C@@]34OC[C@@H](c5ccccc5)N3C(=O)C[C@@H]24)cn1. The lowest BCUT2D eigenvalue weighted by Crippen LogP contribution is -2.49. The smallest absolute Gasteiger partial charge is 0.246 e. The van der Waals surface area contributed by atoms with E-state index in [0.29, 0.717) is 26.1 Å². The number of nitrogens with zero attached hydrogens (tertiary/aromatic N) is 4. The van der Waals surface area contributed by atoms with Crippen molar-refractivity contribution in [1.29, 1.82) is 0 Å². The number of ether oxygens (including phenoxy) is 1. The summed E-state index contributed by atoms with van der Waals surface area (Å²) in [5.41, 5.74) is 0.143. The van der Waals surface area contributed by atoms with E-state index in [1.54, 1.807) is 9.58 Å². The van der Waals surface area contributed by atoms with Gasteiger partial charge in [-0.2, -0.15) is 9.40 Å². The Bertz CT molecular complexity index is 1020. The van der Waals surface area contributed by atoms with Crippen molar-refractivity contribution in [3.8, 4) is 0 Å². The fraction of sp³-hybridized carbons (Fsp3) is 0.474. The molecular weight excluding hydrogens is 380 g/mol. The monoisotopic (exact) mass is 402 g/mol. The molecule has 28 heavy (non-hydrogen) atoms. The molecule has 1 spiro atoms. The summed E-state index contributed by atoms with van der Waals surface area (Å²) in [5.74, 6) is -0.0551. The Hall–Kier alpha value is -2.23. The van der Waals surface area contributed by atoms with Gasteiger partial charge in [-0.25, -0.2) is 8.42 Å². The Morgan fingerprint density at radius 3 is 2.79 bits per heavy atom. The summed E-state index contributed by atoms with van der Waals surface area (Å²) < 4.78 is 35.7. The highest BCUT2D eigenvalue weighted by Crippen LogP contribution is 2.52. The summed E-state index contributed by atoms with van der Waals surface area (Å²) in [5, 5.41) is 4.09. The fourth-order valence-corrected chi connectivity index (χ4v) is 6.41. The summed E-state index contributed by atoms with van der Waals surface area (Å²) >= 11 is 0. The van der Waals surface area contributed by atoms with Gasteiger partial charge < -0.3 is 9.64 Å². The van der Waals surface area contributed by atoms with E-state index in [9.17, 15) is 13.2 Å². The molecule has 3 atom stereocenters. The molecule has 3 aliphatic heterocycles. The second-order valence-corrected chi connectivity index (χ2v) is 9.35. The van der Waals surface area contributed by atoms with E-state index in [2.05, 4.69) is 5.10 Å². The lowest BCUT2D eigenvalue weighted by Gasteiger charge is -2.33. The van der Waals surface area contributed by atoms with Crippen LogP contribution >= 0.6 is 0 Å². The van der Waals surface area contributed by atoms with Crippen molar-refractivity contribution in [2.24, 2.45) is 0 Å². The fourth-order valence-electron chi connectivity index (χ4n) is 4.80. The number of amides is 1. The van der Waals surface area contributed by atoms with Crippen molar-refractivity contribution >= 4 is 15.9 Å². The van der Waals surface area contributed by atoms with Gasteiger partial charge in [-0.3, -0.25) is 9.48 Å². The molecule has 8 nitrogen and oxygen atoms in total. The van der Waals surface area contributed by atoms with Gasteiger partial charge in [-0.15, -0.1) is 0 Å². The van der Waals surface area contributed by atoms with Gasteiger partial charge in [0.2, 0.25) is 15.9 Å². The zero-order valence-electron chi connectivity index (χ0n) is 15.6. The lowest BCUT2D eigenvalue weighted by atomic mass is 10.0. The van der Waals surface area contributed by atoms with E-state index in [1.807, 2.05) is 37.3 Å². The van der Waals surface area contributed by atoms with E-state index in [-0.39, 0.29) is 23.3 Å². The summed E-state index contributed by atoms with van der Waals surface area (Å²) in [6.45, 7) is 3.21. The predicted octanol–water partition coefficient (Wildman–Crippen LogP) is 1.37. The molecule has 1 amide bonds. The Kier molecular flexibility index (Phi) is 3.91. The van der Waals surface area contributed by atoms with Crippen LogP contribution in [0.4, 0.5) is 0 Å². The Morgan fingerprint density at radius 2 is 2.07 bits per heavy atom. The standard InChI is InChI=1S/C19H22N4O4S/c1-2-21-12-15(11-20-21)28(25,26)22-9-8-19-17(22)10-18(24)23(19)16(13-27-19)14-6-4-3-5-7-14/h3-7,11-12,16-17H,2,8-10,13H2,1H3/t16-,17+,19-/m0/s1. The van der Waals surface area contributed by atoms with Crippen LogP contribution in [0.1, 0.15) is 31.4 Å². The third-order valence-corrected chi connectivity index (χ3v) is 7.99. The van der Waals surface area contributed by atoms with Crippen LogP contribution in [0.15, 0.2) is 47.6 Å². The van der Waals surface area contributed by atoms with Crippen molar-refractivity contribution < 1.29 is 17.9 Å². The zero-order valence-corrected chi connectivity index (χ0v) is 16.4. The number of aryl methyl sites for hydroxylation is 1. The number of carbonyl (C=O) groups is 1. The van der Waals surface area contributed by atoms with Crippen LogP contribution in [0.25, 0.3) is 0 Å². The molecule has 2 aromatic rings. The molecule has 0 N–H and O–H groups in total. The lowest BCUT2D eigenvalue weighted by molar-refractivity contribution is -0.138. The minimum absolute atomic E-state index is 0.0551. The van der Waals surface area contributed by atoms with Crippen LogP contribution in [0.2, 0.25) is 0 Å². The van der Waals surface area contributed by atoms with Crippen LogP contribution in [0.3, 0.4) is 0 Å². The summed E-state index contributed by atoms with van der Waals surface area (Å²) in [6, 6.07) is 9.09. The van der Waals surface area contributed by atoms with E-state index < -0.39 is 21.8 Å². The van der Waals surface area contributed by atoms with Gasteiger partial charge in [0.1, 0.15) is 4.90 Å². The van der Waals surface area contributed by atoms with Gasteiger partial charge in [-0.1, -0.05) is 30.3 Å². The Balaban J connectivity index is 1.49. The molecule has 0 bridgehead atoms. The van der Waals surface area contributed by atoms with Crippen molar-refractivity contribution in [2.75, 3.05) is 13.2 Å². The van der Waals surface area contributed by atoms with E-state index >= 15 is 0 Å². The first-order chi connectivity index (χ1) is 13.5. The number of carbonyl (C=O) groups excluding carboxylic acids is 1. The number of hydrogen-bond donors (Lipinski definition) is 0. The molecular formula is C19H22N4O4S. The quantitative estimate of drug-likeness (QED) is 0.771. The minimum atomic E-state index is -3.74. The first-order valence-electron chi connectivity index (χ1n) is 9.53. The maximum Gasteiger partial charge on any atom is 0.246 e. The third-order valence-electron chi connectivity index (χ3n) is 6.13. The maximum atomic E-state index is 13.2. The predicted molar refractivity (Wildman–Crippen MR) is 99.5 cm³/mol. The largest absolute Gasteiger partial charge is 0.351 e. The van der Waals surface area contributed by atoms with Gasteiger partial charge in [0, 0.05) is 32.1 Å². The van der Waals surface area contributed by atoms with Crippen molar-refractivity contribution in [1.82, 2.24) is 19.0 Å². The molecule has 3 aliphatic rings. The highest BCUT2D eigenvalue weighted by Gasteiger charge is 2.66. The number of hydrogen-bond acceptors (Lipinski definition) is 5. The minimum Gasteiger partial charge on any atom is -0.351 e. The molecule has 4 heterocycles. The molecule has 0 radical (unpaired) electrons. The molecule has 1 aromatic carbocycles. The van der Waals surface area contributed by atoms with Crippen LogP contribution in [-0.2, 0) is 26.1 Å². The number of sulfonamides is 1. The molecule has 0 saturated carbocycles. The second kappa shape index (κ2) is 6.13. The normalized spacial score (nSPS) is 30.0. The second-order valence-electron chi connectivity index (χ2n) is 7.46. The van der Waals surface area contributed by atoms with Crippen molar-refractivity contribution in [2.45, 2.75) is 49.0 Å². The van der Waals surface area contributed by atoms with Gasteiger partial charge in [0.05, 0.1) is 24.9 Å². The Labute approximate surface area is 163 Å². The van der Waals surface area contributed by atoms with Crippen LogP contribution < -0.4 is 0 Å². The average Bonchev–Trinajstić information content (AvgIpc) is 3.44. The summed E-state index contributed by atoms with van der Waals surface area (Å²) in [4.78, 5) is 14.9. The average molecular weight is 402 g/mol. The topological polar surface area (TPSA) is 84.7 Å². The number of aromatic nitrogens is 2. The van der Waals surface area contributed by atoms with Crippen LogP contribution in [0, 0.1) is 0 Å². The molecule has 5 rings (SSSR count). The van der Waals surface area contributed by atoms with Crippen molar-refractivity contribution in [3.05, 3.63) is 48.3 Å². The number of rotatable bonds is 4. The maximum absolute atomic E-state index is 13.2. The summed E-state index contributed by atoms with van der Waals surface area (Å²) in [6.07, 6.45) is 3.54. The van der Waals surface area contributed by atoms with E-state index in [1.165, 1.54) is 16.7 Å². The molecule has 0 unspecified atom stereocenters. The highest BCUT2D eigenvalue weighted by molar-refractivity contribution is 7.89. The third kappa shape index (κ3) is 2.33.